The van der Waals surface area contributed by atoms with Crippen LogP contribution in [0.2, 0.25) is 5.02 Å². The summed E-state index contributed by atoms with van der Waals surface area (Å²) in [5, 5.41) is 2.67. The van der Waals surface area contributed by atoms with Gasteiger partial charge < -0.3 is 10.2 Å². The summed E-state index contributed by atoms with van der Waals surface area (Å²) in [6.07, 6.45) is 0. The molecule has 0 aromatic heterocycles. The van der Waals surface area contributed by atoms with E-state index in [-0.39, 0.29) is 21.2 Å². The molecule has 1 amide bonds. The fraction of sp³-hybridized carbons (Fsp3) is 0.174. The highest BCUT2D eigenvalue weighted by Crippen LogP contribution is 2.25. The smallest absolute Gasteiger partial charge is 0.257 e. The zero-order valence-corrected chi connectivity index (χ0v) is 18.6. The number of halogens is 2. The first-order chi connectivity index (χ1) is 15.4. The lowest BCUT2D eigenvalue weighted by molar-refractivity contribution is 0.102. The predicted molar refractivity (Wildman–Crippen MR) is 123 cm³/mol. The van der Waals surface area contributed by atoms with Crippen molar-refractivity contribution >= 4 is 38.9 Å². The van der Waals surface area contributed by atoms with E-state index in [9.17, 15) is 17.6 Å². The van der Waals surface area contributed by atoms with Crippen LogP contribution in [-0.2, 0) is 10.0 Å². The Hall–Kier alpha value is -2.94. The highest BCUT2D eigenvalue weighted by Gasteiger charge is 2.29. The molecule has 32 heavy (non-hydrogen) atoms. The van der Waals surface area contributed by atoms with Crippen LogP contribution in [0.15, 0.2) is 77.7 Å². The number of hydrogen-bond acceptors (Lipinski definition) is 4. The maximum Gasteiger partial charge on any atom is 0.257 e. The Morgan fingerprint density at radius 3 is 2.22 bits per heavy atom. The third kappa shape index (κ3) is 4.62. The molecule has 0 atom stereocenters. The molecular weight excluding hydrogens is 453 g/mol. The molecule has 4 rings (SSSR count). The molecule has 0 unspecified atom stereocenters. The Labute approximate surface area is 191 Å². The second-order valence-electron chi connectivity index (χ2n) is 7.30. The summed E-state index contributed by atoms with van der Waals surface area (Å²) in [6.45, 7) is 1.67. The lowest BCUT2D eigenvalue weighted by atomic mass is 10.2. The minimum Gasteiger partial charge on any atom is -0.369 e. The van der Waals surface area contributed by atoms with Gasteiger partial charge in [-0.15, -0.1) is 0 Å². The van der Waals surface area contributed by atoms with Gasteiger partial charge in [0.15, 0.2) is 0 Å². The minimum atomic E-state index is -3.86. The maximum atomic E-state index is 14.7. The van der Waals surface area contributed by atoms with Crippen LogP contribution in [0.25, 0.3) is 0 Å². The quantitative estimate of drug-likeness (QED) is 0.601. The van der Waals surface area contributed by atoms with Gasteiger partial charge in [-0.05, 0) is 42.5 Å². The van der Waals surface area contributed by atoms with Crippen LogP contribution in [0.4, 0.5) is 15.8 Å². The van der Waals surface area contributed by atoms with Crippen molar-refractivity contribution in [1.29, 1.82) is 0 Å². The third-order valence-electron chi connectivity index (χ3n) is 5.30. The molecule has 1 aliphatic rings. The summed E-state index contributed by atoms with van der Waals surface area (Å²) in [6, 6.07) is 19.6. The average Bonchev–Trinajstić information content (AvgIpc) is 2.81. The number of nitrogens with one attached hydrogen (secondary N) is 1. The summed E-state index contributed by atoms with van der Waals surface area (Å²) in [7, 11) is -3.86. The fourth-order valence-electron chi connectivity index (χ4n) is 3.57. The van der Waals surface area contributed by atoms with Crippen LogP contribution in [0, 0.1) is 5.82 Å². The standard InChI is InChI=1S/C23H21ClFN3O3S/c24-20-9-5-4-8-19(20)23(29)26-22-11-10-18(16-21(22)25)32(30,31)28-14-12-27(13-15-28)17-6-2-1-3-7-17/h1-11,16H,12-15H2,(H,26,29). The third-order valence-corrected chi connectivity index (χ3v) is 7.53. The lowest BCUT2D eigenvalue weighted by Gasteiger charge is -2.35. The number of sulfonamides is 1. The number of rotatable bonds is 5. The molecule has 0 bridgehead atoms. The van der Waals surface area contributed by atoms with Crippen molar-refractivity contribution < 1.29 is 17.6 Å². The number of anilines is 2. The highest BCUT2D eigenvalue weighted by atomic mass is 35.5. The van der Waals surface area contributed by atoms with E-state index in [1.54, 1.807) is 18.2 Å². The molecule has 166 valence electrons. The zero-order valence-electron chi connectivity index (χ0n) is 17.0. The summed E-state index contributed by atoms with van der Waals surface area (Å²) >= 11 is 6.00. The van der Waals surface area contributed by atoms with Crippen molar-refractivity contribution in [2.45, 2.75) is 4.90 Å². The maximum absolute atomic E-state index is 14.7. The number of benzene rings is 3. The van der Waals surface area contributed by atoms with E-state index < -0.39 is 21.7 Å². The van der Waals surface area contributed by atoms with Gasteiger partial charge in [-0.25, -0.2) is 12.8 Å². The number of amides is 1. The van der Waals surface area contributed by atoms with Crippen LogP contribution >= 0.6 is 11.6 Å². The topological polar surface area (TPSA) is 69.7 Å². The molecule has 6 nitrogen and oxygen atoms in total. The molecule has 1 fully saturated rings. The van der Waals surface area contributed by atoms with Crippen LogP contribution in [0.3, 0.4) is 0 Å². The van der Waals surface area contributed by atoms with Gasteiger partial charge in [-0.2, -0.15) is 4.31 Å². The number of hydrogen-bond donors (Lipinski definition) is 1. The van der Waals surface area contributed by atoms with Crippen LogP contribution in [0.5, 0.6) is 0 Å². The Morgan fingerprint density at radius 2 is 1.56 bits per heavy atom. The van der Waals surface area contributed by atoms with E-state index in [1.165, 1.54) is 22.5 Å². The van der Waals surface area contributed by atoms with E-state index in [0.717, 1.165) is 11.8 Å². The number of piperazine rings is 1. The van der Waals surface area contributed by atoms with Crippen molar-refractivity contribution in [1.82, 2.24) is 4.31 Å². The van der Waals surface area contributed by atoms with Crippen molar-refractivity contribution in [3.8, 4) is 0 Å². The molecule has 0 aliphatic carbocycles. The van der Waals surface area contributed by atoms with E-state index >= 15 is 0 Å². The van der Waals surface area contributed by atoms with Crippen LogP contribution in [-0.4, -0.2) is 44.8 Å². The normalized spacial score (nSPS) is 14.9. The number of nitrogens with zero attached hydrogens (tertiary/aromatic N) is 2. The van der Waals surface area contributed by atoms with Gasteiger partial charge in [-0.1, -0.05) is 41.9 Å². The average molecular weight is 474 g/mol. The van der Waals surface area contributed by atoms with Crippen molar-refractivity contribution in [3.63, 3.8) is 0 Å². The zero-order chi connectivity index (χ0) is 22.7. The molecule has 1 saturated heterocycles. The largest absolute Gasteiger partial charge is 0.369 e. The summed E-state index contributed by atoms with van der Waals surface area (Å²) in [5.74, 6) is -1.42. The first-order valence-electron chi connectivity index (χ1n) is 10.0. The van der Waals surface area contributed by atoms with Crippen molar-refractivity contribution in [2.75, 3.05) is 36.4 Å². The molecule has 0 saturated carbocycles. The van der Waals surface area contributed by atoms with Crippen LogP contribution in [0.1, 0.15) is 10.4 Å². The lowest BCUT2D eigenvalue weighted by Crippen LogP contribution is -2.48. The Morgan fingerprint density at radius 1 is 0.906 bits per heavy atom. The van der Waals surface area contributed by atoms with Gasteiger partial charge in [0.25, 0.3) is 5.91 Å². The van der Waals surface area contributed by atoms with Crippen molar-refractivity contribution in [2.24, 2.45) is 0 Å². The second kappa shape index (κ2) is 9.28. The first kappa shape index (κ1) is 22.3. The first-order valence-corrected chi connectivity index (χ1v) is 11.8. The van der Waals surface area contributed by atoms with Gasteiger partial charge in [-0.3, -0.25) is 4.79 Å². The van der Waals surface area contributed by atoms with E-state index in [1.807, 2.05) is 30.3 Å². The molecule has 3 aromatic rings. The Bertz CT molecular complexity index is 1230. The Balaban J connectivity index is 1.46. The molecule has 0 spiro atoms. The summed E-state index contributed by atoms with van der Waals surface area (Å²) in [4.78, 5) is 14.3. The number of carbonyl (C=O) groups excluding carboxylic acids is 1. The Kier molecular flexibility index (Phi) is 6.45. The van der Waals surface area contributed by atoms with Gasteiger partial charge in [0.2, 0.25) is 10.0 Å². The number of carbonyl (C=O) groups is 1. The van der Waals surface area contributed by atoms with Gasteiger partial charge in [0.05, 0.1) is 21.2 Å². The number of para-hydroxylation sites is 1. The molecule has 1 N–H and O–H groups in total. The highest BCUT2D eigenvalue weighted by molar-refractivity contribution is 7.89. The molecule has 9 heteroatoms. The molecule has 1 heterocycles. The van der Waals surface area contributed by atoms with E-state index in [2.05, 4.69) is 10.2 Å². The van der Waals surface area contributed by atoms with Gasteiger partial charge >= 0.3 is 0 Å². The minimum absolute atomic E-state index is 0.122. The van der Waals surface area contributed by atoms with E-state index in [0.29, 0.717) is 26.2 Å². The summed E-state index contributed by atoms with van der Waals surface area (Å²) in [5.41, 5.74) is 1.11. The fourth-order valence-corrected chi connectivity index (χ4v) is 5.22. The molecule has 3 aromatic carbocycles. The monoisotopic (exact) mass is 473 g/mol. The SMILES string of the molecule is O=C(Nc1ccc(S(=O)(=O)N2CCN(c3ccccc3)CC2)cc1F)c1ccccc1Cl. The van der Waals surface area contributed by atoms with Gasteiger partial charge in [0, 0.05) is 31.9 Å². The van der Waals surface area contributed by atoms with Crippen molar-refractivity contribution in [3.05, 3.63) is 89.2 Å². The van der Waals surface area contributed by atoms with E-state index in [4.69, 9.17) is 11.6 Å². The van der Waals surface area contributed by atoms with Gasteiger partial charge in [0.1, 0.15) is 5.82 Å². The molecule has 1 aliphatic heterocycles. The van der Waals surface area contributed by atoms with Crippen LogP contribution < -0.4 is 10.2 Å². The predicted octanol–water partition coefficient (Wildman–Crippen LogP) is 4.24. The molecular formula is C23H21ClFN3O3S. The molecule has 0 radical (unpaired) electrons. The second-order valence-corrected chi connectivity index (χ2v) is 9.65. The summed E-state index contributed by atoms with van der Waals surface area (Å²) < 4.78 is 42.1.